The number of carbonyl (C=O) groups is 1. The van der Waals surface area contributed by atoms with Crippen LogP contribution in [0.2, 0.25) is 5.02 Å². The van der Waals surface area contributed by atoms with Crippen LogP contribution in [0.5, 0.6) is 5.75 Å². The molecular weight excluding hydrogens is 242 g/mol. The van der Waals surface area contributed by atoms with Crippen LogP contribution >= 0.6 is 11.6 Å². The molecule has 0 aromatic heterocycles. The summed E-state index contributed by atoms with van der Waals surface area (Å²) < 4.78 is 30.2. The van der Waals surface area contributed by atoms with Crippen molar-refractivity contribution in [3.8, 4) is 5.75 Å². The summed E-state index contributed by atoms with van der Waals surface area (Å²) in [5.74, 6) is 2.54. The van der Waals surface area contributed by atoms with E-state index in [1.165, 1.54) is 23.6 Å². The van der Waals surface area contributed by atoms with E-state index in [4.69, 9.17) is 11.6 Å². The van der Waals surface area contributed by atoms with Crippen LogP contribution in [0.3, 0.4) is 0 Å². The Hall–Kier alpha value is -1.40. The van der Waals surface area contributed by atoms with Gasteiger partial charge in [-0.1, -0.05) is 17.7 Å². The lowest BCUT2D eigenvalue weighted by atomic mass is 10.2. The Morgan fingerprint density at radius 1 is 1.56 bits per heavy atom. The molecule has 0 saturated heterocycles. The van der Waals surface area contributed by atoms with Crippen molar-refractivity contribution in [2.75, 3.05) is 0 Å². The number of benzene rings is 1. The summed E-state index contributed by atoms with van der Waals surface area (Å²) in [5.41, 5.74) is 2.08. The van der Waals surface area contributed by atoms with Crippen molar-refractivity contribution in [2.45, 2.75) is 13.0 Å². The average molecular weight is 251 g/mol. The van der Waals surface area contributed by atoms with Gasteiger partial charge < -0.3 is 4.74 Å². The molecule has 1 rings (SSSR count). The zero-order valence-corrected chi connectivity index (χ0v) is 9.02. The fourth-order valence-corrected chi connectivity index (χ4v) is 1.23. The number of halogens is 3. The second kappa shape index (κ2) is 4.63. The van der Waals surface area contributed by atoms with Crippen molar-refractivity contribution >= 4 is 17.5 Å². The minimum absolute atomic E-state index is 0.00973. The Morgan fingerprint density at radius 3 is 2.69 bits per heavy atom. The van der Waals surface area contributed by atoms with Gasteiger partial charge in [-0.3, -0.25) is 10.2 Å². The highest BCUT2D eigenvalue weighted by molar-refractivity contribution is 6.32. The number of nitrogens with one attached hydrogen (secondary N) is 1. The molecule has 4 nitrogen and oxygen atoms in total. The van der Waals surface area contributed by atoms with Gasteiger partial charge in [0.25, 0.3) is 0 Å². The number of hydrogen-bond acceptors (Lipinski definition) is 3. The van der Waals surface area contributed by atoms with Crippen LogP contribution in [0.15, 0.2) is 18.2 Å². The lowest BCUT2D eigenvalue weighted by molar-refractivity contribution is -0.192. The summed E-state index contributed by atoms with van der Waals surface area (Å²) in [7, 11) is 0. The molecule has 0 aliphatic carbocycles. The minimum atomic E-state index is -4.06. The summed E-state index contributed by atoms with van der Waals surface area (Å²) in [6.07, 6.45) is -4.06. The van der Waals surface area contributed by atoms with Crippen molar-refractivity contribution in [1.82, 2.24) is 5.43 Å². The van der Waals surface area contributed by atoms with E-state index in [2.05, 4.69) is 10.6 Å². The lowest BCUT2D eigenvalue weighted by Crippen LogP contribution is -2.47. The van der Waals surface area contributed by atoms with Crippen molar-refractivity contribution in [1.29, 1.82) is 0 Å². The Kier molecular flexibility index (Phi) is 3.66. The number of hydrazine groups is 1. The first kappa shape index (κ1) is 12.7. The smallest absolute Gasteiger partial charge is 0.424 e. The fourth-order valence-electron chi connectivity index (χ4n) is 0.957. The highest BCUT2D eigenvalue weighted by Crippen LogP contribution is 2.29. The number of nitrogens with two attached hydrogens (primary N) is 1. The molecule has 3 N–H and O–H groups in total. The zero-order chi connectivity index (χ0) is 12.3. The lowest BCUT2D eigenvalue weighted by Gasteiger charge is -2.16. The molecular formula is C9H9ClF2N2O2. The van der Waals surface area contributed by atoms with Gasteiger partial charge >= 0.3 is 12.0 Å². The van der Waals surface area contributed by atoms with Crippen molar-refractivity contribution in [2.24, 2.45) is 5.84 Å². The maximum Gasteiger partial charge on any atom is 0.483 e. The van der Waals surface area contributed by atoms with Crippen LogP contribution in [-0.4, -0.2) is 12.0 Å². The molecule has 1 amide bonds. The third kappa shape index (κ3) is 2.80. The van der Waals surface area contributed by atoms with Crippen molar-refractivity contribution < 1.29 is 18.3 Å². The Bertz CT molecular complexity index is 412. The number of ether oxygens (including phenoxy) is 1. The zero-order valence-electron chi connectivity index (χ0n) is 8.26. The molecule has 0 unspecified atom stereocenters. The van der Waals surface area contributed by atoms with Crippen LogP contribution in [0, 0.1) is 6.92 Å². The van der Waals surface area contributed by atoms with Crippen molar-refractivity contribution in [3.05, 3.63) is 28.8 Å². The van der Waals surface area contributed by atoms with E-state index in [1.54, 1.807) is 6.92 Å². The largest absolute Gasteiger partial charge is 0.483 e. The number of rotatable bonds is 3. The molecule has 0 aliphatic rings. The topological polar surface area (TPSA) is 64.3 Å². The highest BCUT2D eigenvalue weighted by Gasteiger charge is 2.42. The molecule has 0 aliphatic heterocycles. The van der Waals surface area contributed by atoms with Gasteiger partial charge in [-0.25, -0.2) is 5.84 Å². The Labute approximate surface area is 95.3 Å². The van der Waals surface area contributed by atoms with Crippen LogP contribution < -0.4 is 16.0 Å². The van der Waals surface area contributed by atoms with Gasteiger partial charge in [0.05, 0.1) is 5.02 Å². The second-order valence-electron chi connectivity index (χ2n) is 3.03. The maximum atomic E-state index is 13.0. The summed E-state index contributed by atoms with van der Waals surface area (Å²) in [5, 5.41) is -0.00973. The quantitative estimate of drug-likeness (QED) is 0.487. The summed E-state index contributed by atoms with van der Waals surface area (Å²) >= 11 is 5.66. The Balaban J connectivity index is 2.92. The third-order valence-corrected chi connectivity index (χ3v) is 2.02. The van der Waals surface area contributed by atoms with Crippen LogP contribution in [0.25, 0.3) is 0 Å². The van der Waals surface area contributed by atoms with E-state index >= 15 is 0 Å². The minimum Gasteiger partial charge on any atom is -0.424 e. The molecule has 0 fully saturated rings. The first-order valence-corrected chi connectivity index (χ1v) is 4.58. The normalized spacial score (nSPS) is 11.1. The number of carbonyl (C=O) groups excluding carboxylic acids is 1. The van der Waals surface area contributed by atoms with Gasteiger partial charge in [0, 0.05) is 0 Å². The average Bonchev–Trinajstić information content (AvgIpc) is 2.21. The standard InChI is InChI=1S/C9H9ClF2N2O2/c1-5-2-3-7(6(10)4-5)16-9(11,12)8(15)14-13/h2-4H,13H2,1H3,(H,14,15). The van der Waals surface area contributed by atoms with E-state index in [1.807, 2.05) is 0 Å². The Morgan fingerprint density at radius 2 is 2.19 bits per heavy atom. The van der Waals surface area contributed by atoms with E-state index in [-0.39, 0.29) is 10.8 Å². The van der Waals surface area contributed by atoms with Crippen LogP contribution in [0.1, 0.15) is 5.56 Å². The molecule has 1 aromatic rings. The molecule has 0 atom stereocenters. The van der Waals surface area contributed by atoms with E-state index < -0.39 is 12.0 Å². The molecule has 0 saturated carbocycles. The molecule has 0 spiro atoms. The van der Waals surface area contributed by atoms with E-state index in [0.717, 1.165) is 5.56 Å². The second-order valence-corrected chi connectivity index (χ2v) is 3.43. The molecule has 16 heavy (non-hydrogen) atoms. The number of amides is 1. The van der Waals surface area contributed by atoms with E-state index in [9.17, 15) is 13.6 Å². The molecule has 0 radical (unpaired) electrons. The first-order valence-electron chi connectivity index (χ1n) is 4.21. The monoisotopic (exact) mass is 250 g/mol. The van der Waals surface area contributed by atoms with Gasteiger partial charge in [-0.05, 0) is 24.6 Å². The summed E-state index contributed by atoms with van der Waals surface area (Å²) in [6.45, 7) is 1.74. The molecule has 0 bridgehead atoms. The first-order chi connectivity index (χ1) is 7.36. The van der Waals surface area contributed by atoms with Crippen LogP contribution in [0.4, 0.5) is 8.78 Å². The predicted octanol–water partition coefficient (Wildman–Crippen LogP) is 1.61. The number of hydrogen-bond donors (Lipinski definition) is 2. The number of aryl methyl sites for hydroxylation is 1. The SMILES string of the molecule is Cc1ccc(OC(F)(F)C(=O)NN)c(Cl)c1. The van der Waals surface area contributed by atoms with Gasteiger partial charge in [-0.2, -0.15) is 8.78 Å². The van der Waals surface area contributed by atoms with Gasteiger partial charge in [-0.15, -0.1) is 0 Å². The molecule has 7 heteroatoms. The summed E-state index contributed by atoms with van der Waals surface area (Å²) in [4.78, 5) is 10.7. The molecule has 1 aromatic carbocycles. The molecule has 0 heterocycles. The highest BCUT2D eigenvalue weighted by atomic mass is 35.5. The van der Waals surface area contributed by atoms with Gasteiger partial charge in [0.15, 0.2) is 0 Å². The van der Waals surface area contributed by atoms with E-state index in [0.29, 0.717) is 0 Å². The van der Waals surface area contributed by atoms with Crippen molar-refractivity contribution in [3.63, 3.8) is 0 Å². The summed E-state index contributed by atoms with van der Waals surface area (Å²) in [6, 6.07) is 4.21. The molecule has 88 valence electrons. The van der Waals surface area contributed by atoms with Gasteiger partial charge in [0.2, 0.25) is 0 Å². The fraction of sp³-hybridized carbons (Fsp3) is 0.222. The predicted molar refractivity (Wildman–Crippen MR) is 54.1 cm³/mol. The maximum absolute atomic E-state index is 13.0. The van der Waals surface area contributed by atoms with Crippen LogP contribution in [-0.2, 0) is 4.79 Å². The third-order valence-electron chi connectivity index (χ3n) is 1.72. The van der Waals surface area contributed by atoms with Gasteiger partial charge in [0.1, 0.15) is 5.75 Å². The number of alkyl halides is 2.